The third-order valence-electron chi connectivity index (χ3n) is 4.85. The van der Waals surface area contributed by atoms with E-state index in [1.54, 1.807) is 0 Å². The summed E-state index contributed by atoms with van der Waals surface area (Å²) in [6, 6.07) is 3.39. The normalized spacial score (nSPS) is 27.1. The van der Waals surface area contributed by atoms with Crippen LogP contribution in [-0.2, 0) is 14.8 Å². The molecule has 2 aliphatic rings. The minimum absolute atomic E-state index is 0.162. The van der Waals surface area contributed by atoms with Crippen LogP contribution in [-0.4, -0.2) is 14.3 Å². The van der Waals surface area contributed by atoms with Crippen molar-refractivity contribution in [2.75, 3.05) is 5.32 Å². The second-order valence-electron chi connectivity index (χ2n) is 6.38. The molecule has 0 aromatic heterocycles. The van der Waals surface area contributed by atoms with Crippen LogP contribution in [0.3, 0.4) is 0 Å². The second-order valence-corrected chi connectivity index (χ2v) is 7.91. The number of hydrogen-bond acceptors (Lipinski definition) is 3. The van der Waals surface area contributed by atoms with Gasteiger partial charge in [0.05, 0.1) is 0 Å². The molecule has 0 unspecified atom stereocenters. The number of halogens is 1. The van der Waals surface area contributed by atoms with Crippen molar-refractivity contribution < 1.29 is 17.6 Å². The Morgan fingerprint density at radius 3 is 2.68 bits per heavy atom. The molecule has 1 aromatic carbocycles. The van der Waals surface area contributed by atoms with Gasteiger partial charge in [0, 0.05) is 12.1 Å². The minimum Gasteiger partial charge on any atom is -0.326 e. The highest BCUT2D eigenvalue weighted by atomic mass is 32.2. The van der Waals surface area contributed by atoms with E-state index in [2.05, 4.69) is 5.32 Å². The molecule has 0 aliphatic heterocycles. The zero-order chi connectivity index (χ0) is 15.9. The van der Waals surface area contributed by atoms with E-state index in [1.165, 1.54) is 25.3 Å². The van der Waals surface area contributed by atoms with Crippen molar-refractivity contribution in [3.8, 4) is 0 Å². The standard InChI is InChI=1S/C15H19FN2O3S/c16-13-4-3-12(8-14(13)22(17,20)21)18-15(19)7-11-6-9-1-2-10(11)5-9/h3-4,8-11H,1-2,5-7H2,(H,18,19)(H2,17,20,21)/t9-,10-,11+/m0/s1. The predicted molar refractivity (Wildman–Crippen MR) is 80.0 cm³/mol. The van der Waals surface area contributed by atoms with Crippen molar-refractivity contribution in [1.82, 2.24) is 0 Å². The highest BCUT2D eigenvalue weighted by Crippen LogP contribution is 2.49. The average Bonchev–Trinajstić information content (AvgIpc) is 3.02. The summed E-state index contributed by atoms with van der Waals surface area (Å²) in [5.74, 6) is 0.738. The van der Waals surface area contributed by atoms with Gasteiger partial charge in [-0.3, -0.25) is 4.79 Å². The molecule has 0 saturated heterocycles. The van der Waals surface area contributed by atoms with Crippen LogP contribution in [0.1, 0.15) is 32.1 Å². The molecule has 0 heterocycles. The van der Waals surface area contributed by atoms with Gasteiger partial charge in [-0.15, -0.1) is 0 Å². The molecular formula is C15H19FN2O3S. The van der Waals surface area contributed by atoms with Crippen molar-refractivity contribution in [3.05, 3.63) is 24.0 Å². The lowest BCUT2D eigenvalue weighted by atomic mass is 9.86. The van der Waals surface area contributed by atoms with Gasteiger partial charge in [0.15, 0.2) is 0 Å². The Morgan fingerprint density at radius 2 is 2.09 bits per heavy atom. The highest BCUT2D eigenvalue weighted by molar-refractivity contribution is 7.89. The Balaban J connectivity index is 1.67. The van der Waals surface area contributed by atoms with Gasteiger partial charge in [-0.05, 0) is 55.2 Å². The molecule has 1 amide bonds. The van der Waals surface area contributed by atoms with Crippen LogP contribution in [0.25, 0.3) is 0 Å². The largest absolute Gasteiger partial charge is 0.326 e. The first-order chi connectivity index (χ1) is 10.3. The number of rotatable bonds is 4. The topological polar surface area (TPSA) is 89.3 Å². The van der Waals surface area contributed by atoms with Crippen LogP contribution in [0.2, 0.25) is 0 Å². The molecular weight excluding hydrogens is 307 g/mol. The quantitative estimate of drug-likeness (QED) is 0.889. The number of carbonyl (C=O) groups excluding carboxylic acids is 1. The van der Waals surface area contributed by atoms with Crippen LogP contribution in [0.4, 0.5) is 10.1 Å². The van der Waals surface area contributed by atoms with Crippen LogP contribution < -0.4 is 10.5 Å². The maximum atomic E-state index is 13.5. The Hall–Kier alpha value is -1.47. The van der Waals surface area contributed by atoms with Crippen molar-refractivity contribution in [1.29, 1.82) is 0 Å². The number of anilines is 1. The summed E-state index contributed by atoms with van der Waals surface area (Å²) in [6.45, 7) is 0. The first-order valence-electron chi connectivity index (χ1n) is 7.45. The Labute approximate surface area is 129 Å². The smallest absolute Gasteiger partial charge is 0.241 e. The molecule has 0 spiro atoms. The number of sulfonamides is 1. The summed E-state index contributed by atoms with van der Waals surface area (Å²) in [6.07, 6.45) is 5.24. The van der Waals surface area contributed by atoms with Gasteiger partial charge in [-0.1, -0.05) is 6.42 Å². The lowest BCUT2D eigenvalue weighted by Gasteiger charge is -2.21. The lowest BCUT2D eigenvalue weighted by molar-refractivity contribution is -0.117. The second kappa shape index (κ2) is 5.62. The molecule has 2 fully saturated rings. The fraction of sp³-hybridized carbons (Fsp3) is 0.533. The molecule has 2 bridgehead atoms. The molecule has 2 saturated carbocycles. The van der Waals surface area contributed by atoms with Crippen LogP contribution in [0.5, 0.6) is 0 Å². The van der Waals surface area contributed by atoms with Gasteiger partial charge in [0.2, 0.25) is 15.9 Å². The zero-order valence-corrected chi connectivity index (χ0v) is 12.9. The number of benzene rings is 1. The number of nitrogens with one attached hydrogen (secondary N) is 1. The summed E-state index contributed by atoms with van der Waals surface area (Å²) >= 11 is 0. The number of carbonyl (C=O) groups is 1. The monoisotopic (exact) mass is 326 g/mol. The Bertz CT molecular complexity index is 705. The van der Waals surface area contributed by atoms with Gasteiger partial charge < -0.3 is 5.32 Å². The number of fused-ring (bicyclic) bond motifs is 2. The van der Waals surface area contributed by atoms with E-state index in [-0.39, 0.29) is 11.6 Å². The van der Waals surface area contributed by atoms with Crippen LogP contribution in [0.15, 0.2) is 23.1 Å². The van der Waals surface area contributed by atoms with Gasteiger partial charge in [-0.2, -0.15) is 0 Å². The molecule has 120 valence electrons. The molecule has 5 nitrogen and oxygen atoms in total. The molecule has 1 aromatic rings. The van der Waals surface area contributed by atoms with Gasteiger partial charge in [0.1, 0.15) is 10.7 Å². The van der Waals surface area contributed by atoms with Crippen LogP contribution >= 0.6 is 0 Å². The number of primary sulfonamides is 1. The molecule has 7 heteroatoms. The van der Waals surface area contributed by atoms with Crippen molar-refractivity contribution >= 4 is 21.6 Å². The fourth-order valence-electron chi connectivity index (χ4n) is 3.88. The Morgan fingerprint density at radius 1 is 1.32 bits per heavy atom. The van der Waals surface area contributed by atoms with Crippen molar-refractivity contribution in [2.45, 2.75) is 37.0 Å². The number of nitrogens with two attached hydrogens (primary N) is 1. The molecule has 3 N–H and O–H groups in total. The summed E-state index contributed by atoms with van der Waals surface area (Å²) in [7, 11) is -4.15. The van der Waals surface area contributed by atoms with Gasteiger partial charge in [0.25, 0.3) is 0 Å². The molecule has 3 atom stereocenters. The van der Waals surface area contributed by atoms with E-state index in [0.717, 1.165) is 24.5 Å². The molecule has 3 rings (SSSR count). The van der Waals surface area contributed by atoms with E-state index >= 15 is 0 Å². The fourth-order valence-corrected chi connectivity index (χ4v) is 4.51. The highest BCUT2D eigenvalue weighted by Gasteiger charge is 2.40. The van der Waals surface area contributed by atoms with Gasteiger partial charge in [-0.25, -0.2) is 17.9 Å². The van der Waals surface area contributed by atoms with Crippen LogP contribution in [0, 0.1) is 23.6 Å². The van der Waals surface area contributed by atoms with E-state index in [0.29, 0.717) is 18.3 Å². The number of amides is 1. The van der Waals surface area contributed by atoms with E-state index in [1.807, 2.05) is 0 Å². The summed E-state index contributed by atoms with van der Waals surface area (Å²) in [5, 5.41) is 7.59. The Kier molecular flexibility index (Phi) is 3.94. The number of hydrogen-bond donors (Lipinski definition) is 2. The summed E-state index contributed by atoms with van der Waals surface area (Å²) < 4.78 is 36.0. The van der Waals surface area contributed by atoms with E-state index in [9.17, 15) is 17.6 Å². The first kappa shape index (κ1) is 15.4. The van der Waals surface area contributed by atoms with Crippen molar-refractivity contribution in [2.24, 2.45) is 22.9 Å². The average molecular weight is 326 g/mol. The maximum Gasteiger partial charge on any atom is 0.241 e. The summed E-state index contributed by atoms with van der Waals surface area (Å²) in [5.41, 5.74) is 0.249. The lowest BCUT2D eigenvalue weighted by Crippen LogP contribution is -2.21. The van der Waals surface area contributed by atoms with Crippen molar-refractivity contribution in [3.63, 3.8) is 0 Å². The van der Waals surface area contributed by atoms with Gasteiger partial charge >= 0.3 is 0 Å². The summed E-state index contributed by atoms with van der Waals surface area (Å²) in [4.78, 5) is 11.5. The maximum absolute atomic E-state index is 13.5. The molecule has 0 radical (unpaired) electrons. The first-order valence-corrected chi connectivity index (χ1v) is 9.00. The third kappa shape index (κ3) is 3.15. The zero-order valence-electron chi connectivity index (χ0n) is 12.1. The third-order valence-corrected chi connectivity index (χ3v) is 5.78. The SMILES string of the molecule is NS(=O)(=O)c1cc(NC(=O)C[C@H]2C[C@H]3CC[C@H]2C3)ccc1F. The van der Waals surface area contributed by atoms with E-state index < -0.39 is 20.7 Å². The minimum atomic E-state index is -4.15. The predicted octanol–water partition coefficient (Wildman–Crippen LogP) is 2.24. The molecule has 2 aliphatic carbocycles. The molecule has 22 heavy (non-hydrogen) atoms. The van der Waals surface area contributed by atoms with E-state index in [4.69, 9.17) is 5.14 Å².